The van der Waals surface area contributed by atoms with Gasteiger partial charge in [0.1, 0.15) is 0 Å². The molecule has 0 atom stereocenters. The molecule has 0 radical (unpaired) electrons. The smallest absolute Gasteiger partial charge is 0.00187 e. The molecule has 1 rings (SSSR count). The Labute approximate surface area is 102 Å². The van der Waals surface area contributed by atoms with E-state index < -0.39 is 0 Å². The number of piperidine rings is 1. The van der Waals surface area contributed by atoms with E-state index in [9.17, 15) is 0 Å². The molecule has 0 amide bonds. The zero-order chi connectivity index (χ0) is 11.5. The van der Waals surface area contributed by atoms with E-state index in [1.165, 1.54) is 83.8 Å². The second kappa shape index (κ2) is 9.89. The first-order chi connectivity index (χ1) is 7.93. The van der Waals surface area contributed by atoms with Crippen molar-refractivity contribution in [1.29, 1.82) is 0 Å². The van der Waals surface area contributed by atoms with Crippen LogP contribution in [0.3, 0.4) is 0 Å². The summed E-state index contributed by atoms with van der Waals surface area (Å²) < 4.78 is 0. The Bertz CT molecular complexity index is 159. The molecule has 1 nitrogen and oxygen atoms in total. The highest BCUT2D eigenvalue weighted by Gasteiger charge is 2.08. The van der Waals surface area contributed by atoms with E-state index in [4.69, 9.17) is 0 Å². The Kier molecular flexibility index (Phi) is 8.51. The van der Waals surface area contributed by atoms with Gasteiger partial charge in [-0.05, 0) is 51.7 Å². The normalized spacial score (nSPS) is 17.5. The zero-order valence-corrected chi connectivity index (χ0v) is 10.9. The van der Waals surface area contributed by atoms with E-state index in [1.807, 2.05) is 6.08 Å². The lowest BCUT2D eigenvalue weighted by Crippen LogP contribution is -2.30. The molecule has 0 aliphatic carbocycles. The minimum Gasteiger partial charge on any atom is -0.303 e. The predicted molar refractivity (Wildman–Crippen MR) is 72.8 cm³/mol. The van der Waals surface area contributed by atoms with Crippen LogP contribution in [-0.4, -0.2) is 24.5 Å². The number of unbranched alkanes of at least 4 members (excludes halogenated alkanes) is 6. The molecule has 94 valence electrons. The number of rotatable bonds is 9. The molecule has 16 heavy (non-hydrogen) atoms. The summed E-state index contributed by atoms with van der Waals surface area (Å²) in [4.78, 5) is 2.65. The maximum absolute atomic E-state index is 3.75. The summed E-state index contributed by atoms with van der Waals surface area (Å²) in [5, 5.41) is 0. The van der Waals surface area contributed by atoms with E-state index in [1.54, 1.807) is 0 Å². The van der Waals surface area contributed by atoms with Gasteiger partial charge in [-0.2, -0.15) is 0 Å². The van der Waals surface area contributed by atoms with E-state index in [0.29, 0.717) is 0 Å². The van der Waals surface area contributed by atoms with Gasteiger partial charge in [0.2, 0.25) is 0 Å². The van der Waals surface area contributed by atoms with Crippen molar-refractivity contribution < 1.29 is 0 Å². The van der Waals surface area contributed by atoms with Crippen molar-refractivity contribution in [2.75, 3.05) is 19.6 Å². The lowest BCUT2D eigenvalue weighted by atomic mass is 10.1. The van der Waals surface area contributed by atoms with Crippen LogP contribution in [0.1, 0.15) is 64.2 Å². The summed E-state index contributed by atoms with van der Waals surface area (Å²) in [5.74, 6) is 0. The van der Waals surface area contributed by atoms with Crippen molar-refractivity contribution >= 4 is 0 Å². The van der Waals surface area contributed by atoms with Gasteiger partial charge in [0.05, 0.1) is 0 Å². The Hall–Kier alpha value is -0.300. The molecule has 0 aromatic rings. The highest BCUT2D eigenvalue weighted by molar-refractivity contribution is 4.66. The number of allylic oxidation sites excluding steroid dienone is 1. The second-order valence-electron chi connectivity index (χ2n) is 5.10. The summed E-state index contributed by atoms with van der Waals surface area (Å²) in [7, 11) is 0. The number of likely N-dealkylation sites (tertiary alicyclic amines) is 1. The minimum atomic E-state index is 1.20. The summed E-state index contributed by atoms with van der Waals surface area (Å²) in [6.45, 7) is 7.83. The third-order valence-electron chi connectivity index (χ3n) is 3.58. The van der Waals surface area contributed by atoms with Crippen LogP contribution in [0.5, 0.6) is 0 Å². The third kappa shape index (κ3) is 7.05. The lowest BCUT2D eigenvalue weighted by Gasteiger charge is -2.26. The van der Waals surface area contributed by atoms with Gasteiger partial charge in [-0.1, -0.05) is 38.2 Å². The van der Waals surface area contributed by atoms with Crippen molar-refractivity contribution in [3.8, 4) is 0 Å². The molecular weight excluding hydrogens is 194 g/mol. The molecule has 0 aromatic carbocycles. The van der Waals surface area contributed by atoms with Gasteiger partial charge >= 0.3 is 0 Å². The van der Waals surface area contributed by atoms with Gasteiger partial charge < -0.3 is 4.90 Å². The SMILES string of the molecule is C=CCCCCCCCCN1CCCCC1. The topological polar surface area (TPSA) is 3.24 Å². The van der Waals surface area contributed by atoms with Crippen molar-refractivity contribution in [2.24, 2.45) is 0 Å². The molecule has 1 heteroatoms. The van der Waals surface area contributed by atoms with Crippen molar-refractivity contribution in [3.63, 3.8) is 0 Å². The van der Waals surface area contributed by atoms with Crippen molar-refractivity contribution in [2.45, 2.75) is 64.2 Å². The minimum absolute atomic E-state index is 1.20. The second-order valence-corrected chi connectivity index (χ2v) is 5.10. The molecule has 1 aliphatic rings. The van der Waals surface area contributed by atoms with Crippen LogP contribution in [0.2, 0.25) is 0 Å². The van der Waals surface area contributed by atoms with Gasteiger partial charge in [-0.15, -0.1) is 6.58 Å². The maximum Gasteiger partial charge on any atom is -0.00187 e. The highest BCUT2D eigenvalue weighted by atomic mass is 15.1. The van der Waals surface area contributed by atoms with Crippen LogP contribution in [0.15, 0.2) is 12.7 Å². The quantitative estimate of drug-likeness (QED) is 0.414. The molecular formula is C15H29N. The van der Waals surface area contributed by atoms with Gasteiger partial charge in [0, 0.05) is 0 Å². The highest BCUT2D eigenvalue weighted by Crippen LogP contribution is 2.11. The molecule has 0 saturated carbocycles. The fraction of sp³-hybridized carbons (Fsp3) is 0.867. The molecule has 0 spiro atoms. The summed E-state index contributed by atoms with van der Waals surface area (Å²) in [6.07, 6.45) is 16.0. The van der Waals surface area contributed by atoms with Crippen LogP contribution in [-0.2, 0) is 0 Å². The van der Waals surface area contributed by atoms with Crippen LogP contribution in [0, 0.1) is 0 Å². The van der Waals surface area contributed by atoms with Crippen LogP contribution in [0.25, 0.3) is 0 Å². The van der Waals surface area contributed by atoms with Crippen molar-refractivity contribution in [1.82, 2.24) is 4.90 Å². The first-order valence-corrected chi connectivity index (χ1v) is 7.27. The van der Waals surface area contributed by atoms with Crippen LogP contribution >= 0.6 is 0 Å². The van der Waals surface area contributed by atoms with Crippen LogP contribution in [0.4, 0.5) is 0 Å². The largest absolute Gasteiger partial charge is 0.303 e. The average molecular weight is 223 g/mol. The Balaban J connectivity index is 1.78. The molecule has 0 bridgehead atoms. The molecule has 0 aromatic heterocycles. The van der Waals surface area contributed by atoms with Crippen LogP contribution < -0.4 is 0 Å². The molecule has 0 unspecified atom stereocenters. The van der Waals surface area contributed by atoms with E-state index in [-0.39, 0.29) is 0 Å². The Morgan fingerprint density at radius 1 is 0.812 bits per heavy atom. The molecule has 1 aliphatic heterocycles. The molecule has 0 N–H and O–H groups in total. The number of hydrogen-bond donors (Lipinski definition) is 0. The average Bonchev–Trinajstić information content (AvgIpc) is 2.34. The maximum atomic E-state index is 3.75. The predicted octanol–water partition coefficient (Wildman–Crippen LogP) is 4.39. The lowest BCUT2D eigenvalue weighted by molar-refractivity contribution is 0.224. The fourth-order valence-electron chi connectivity index (χ4n) is 2.51. The number of hydrogen-bond acceptors (Lipinski definition) is 1. The Morgan fingerprint density at radius 2 is 1.44 bits per heavy atom. The fourth-order valence-corrected chi connectivity index (χ4v) is 2.51. The molecule has 1 heterocycles. The Morgan fingerprint density at radius 3 is 2.12 bits per heavy atom. The van der Waals surface area contributed by atoms with Gasteiger partial charge in [-0.25, -0.2) is 0 Å². The van der Waals surface area contributed by atoms with E-state index in [0.717, 1.165) is 0 Å². The summed E-state index contributed by atoms with van der Waals surface area (Å²) >= 11 is 0. The number of nitrogens with zero attached hydrogens (tertiary/aromatic N) is 1. The van der Waals surface area contributed by atoms with Crippen molar-refractivity contribution in [3.05, 3.63) is 12.7 Å². The van der Waals surface area contributed by atoms with E-state index >= 15 is 0 Å². The van der Waals surface area contributed by atoms with Gasteiger partial charge in [0.25, 0.3) is 0 Å². The molecule has 1 saturated heterocycles. The monoisotopic (exact) mass is 223 g/mol. The summed E-state index contributed by atoms with van der Waals surface area (Å²) in [6, 6.07) is 0. The molecule has 1 fully saturated rings. The summed E-state index contributed by atoms with van der Waals surface area (Å²) in [5.41, 5.74) is 0. The van der Waals surface area contributed by atoms with Gasteiger partial charge in [-0.3, -0.25) is 0 Å². The zero-order valence-electron chi connectivity index (χ0n) is 10.9. The first-order valence-electron chi connectivity index (χ1n) is 7.27. The van der Waals surface area contributed by atoms with Gasteiger partial charge in [0.15, 0.2) is 0 Å². The standard InChI is InChI=1S/C15H29N/c1-2-3-4-5-6-7-8-10-13-16-14-11-9-12-15-16/h2H,1,3-15H2. The third-order valence-corrected chi connectivity index (χ3v) is 3.58. The first kappa shape index (κ1) is 13.8. The van der Waals surface area contributed by atoms with E-state index in [2.05, 4.69) is 11.5 Å².